The van der Waals surface area contributed by atoms with Crippen LogP contribution in [-0.4, -0.2) is 41.6 Å². The minimum absolute atomic E-state index is 0.379. The highest BCUT2D eigenvalue weighted by atomic mass is 32.2. The fourth-order valence-electron chi connectivity index (χ4n) is 1.87. The van der Waals surface area contributed by atoms with E-state index in [1.165, 1.54) is 43.9 Å². The summed E-state index contributed by atoms with van der Waals surface area (Å²) in [5.74, 6) is 2.63. The van der Waals surface area contributed by atoms with Crippen molar-refractivity contribution in [1.82, 2.24) is 4.90 Å². The van der Waals surface area contributed by atoms with Crippen LogP contribution < -0.4 is 5.73 Å². The quantitative estimate of drug-likeness (QED) is 0.712. The van der Waals surface area contributed by atoms with E-state index >= 15 is 0 Å². The van der Waals surface area contributed by atoms with Gasteiger partial charge in [-0.25, -0.2) is 0 Å². The summed E-state index contributed by atoms with van der Waals surface area (Å²) in [4.78, 5) is 2.62. The van der Waals surface area contributed by atoms with Gasteiger partial charge in [-0.15, -0.1) is 0 Å². The molecule has 0 aliphatic carbocycles. The van der Waals surface area contributed by atoms with Crippen molar-refractivity contribution in [1.29, 1.82) is 0 Å². The van der Waals surface area contributed by atoms with Crippen LogP contribution in [0.4, 0.5) is 0 Å². The van der Waals surface area contributed by atoms with Gasteiger partial charge in [0.1, 0.15) is 0 Å². The van der Waals surface area contributed by atoms with E-state index in [1.807, 2.05) is 0 Å². The second-order valence-corrected chi connectivity index (χ2v) is 5.58. The summed E-state index contributed by atoms with van der Waals surface area (Å²) < 4.78 is 0. The normalized spacial score (nSPS) is 26.4. The molecule has 1 heterocycles. The van der Waals surface area contributed by atoms with Crippen LogP contribution in [0.1, 0.15) is 33.1 Å². The maximum absolute atomic E-state index is 5.72. The minimum Gasteiger partial charge on any atom is -0.328 e. The first kappa shape index (κ1) is 12.3. The third-order valence-electron chi connectivity index (χ3n) is 2.86. The lowest BCUT2D eigenvalue weighted by atomic mass is 10.1. The number of nitrogens with two attached hydrogens (primary N) is 1. The molecule has 0 bridgehead atoms. The molecular formula is C11H24N2S. The number of thioether (sulfide) groups is 1. The summed E-state index contributed by atoms with van der Waals surface area (Å²) in [7, 11) is 0. The Morgan fingerprint density at radius 1 is 1.50 bits per heavy atom. The molecule has 0 spiro atoms. The van der Waals surface area contributed by atoms with E-state index in [4.69, 9.17) is 5.73 Å². The number of rotatable bonds is 5. The van der Waals surface area contributed by atoms with Crippen molar-refractivity contribution in [2.45, 2.75) is 45.2 Å². The molecule has 2 unspecified atom stereocenters. The number of hydrogen-bond donors (Lipinski definition) is 1. The molecule has 1 fully saturated rings. The summed E-state index contributed by atoms with van der Waals surface area (Å²) >= 11 is 2.09. The Labute approximate surface area is 92.6 Å². The van der Waals surface area contributed by atoms with E-state index < -0.39 is 0 Å². The molecule has 1 aliphatic heterocycles. The molecule has 84 valence electrons. The van der Waals surface area contributed by atoms with E-state index in [1.54, 1.807) is 0 Å². The molecule has 14 heavy (non-hydrogen) atoms. The Morgan fingerprint density at radius 3 is 2.93 bits per heavy atom. The lowest BCUT2D eigenvalue weighted by Crippen LogP contribution is -2.40. The lowest BCUT2D eigenvalue weighted by molar-refractivity contribution is 0.227. The van der Waals surface area contributed by atoms with Crippen LogP contribution in [0.25, 0.3) is 0 Å². The van der Waals surface area contributed by atoms with Crippen LogP contribution in [0.2, 0.25) is 0 Å². The Balaban J connectivity index is 2.04. The molecule has 1 rings (SSSR count). The summed E-state index contributed by atoms with van der Waals surface area (Å²) in [5.41, 5.74) is 5.72. The predicted molar refractivity (Wildman–Crippen MR) is 65.9 cm³/mol. The first-order valence-electron chi connectivity index (χ1n) is 5.77. The van der Waals surface area contributed by atoms with Crippen molar-refractivity contribution in [2.24, 2.45) is 5.73 Å². The molecule has 1 saturated heterocycles. The largest absolute Gasteiger partial charge is 0.328 e. The standard InChI is InChI=1S/C11H24N2S/c1-10(12)5-3-4-6-13-7-8-14-9-11(13)2/h10-11H,3-9,12H2,1-2H3. The second kappa shape index (κ2) is 6.70. The van der Waals surface area contributed by atoms with Crippen molar-refractivity contribution >= 4 is 11.8 Å². The summed E-state index contributed by atoms with van der Waals surface area (Å²) in [6.07, 6.45) is 3.78. The molecule has 2 N–H and O–H groups in total. The Kier molecular flexibility index (Phi) is 5.90. The van der Waals surface area contributed by atoms with Crippen molar-refractivity contribution in [3.05, 3.63) is 0 Å². The van der Waals surface area contributed by atoms with Crippen molar-refractivity contribution in [3.8, 4) is 0 Å². The summed E-state index contributed by atoms with van der Waals surface area (Å²) in [6.45, 7) is 7.00. The Hall–Kier alpha value is 0.270. The zero-order valence-electron chi connectivity index (χ0n) is 9.54. The van der Waals surface area contributed by atoms with E-state index in [0.29, 0.717) is 6.04 Å². The molecule has 2 nitrogen and oxygen atoms in total. The molecule has 0 amide bonds. The van der Waals surface area contributed by atoms with Gasteiger partial charge in [0.15, 0.2) is 0 Å². The summed E-state index contributed by atoms with van der Waals surface area (Å²) in [5, 5.41) is 0. The lowest BCUT2D eigenvalue weighted by Gasteiger charge is -2.32. The first-order chi connectivity index (χ1) is 6.70. The zero-order valence-corrected chi connectivity index (χ0v) is 10.4. The van der Waals surface area contributed by atoms with Crippen LogP contribution in [0.3, 0.4) is 0 Å². The Bertz CT molecular complexity index is 150. The fourth-order valence-corrected chi connectivity index (χ4v) is 2.96. The molecular weight excluding hydrogens is 192 g/mol. The minimum atomic E-state index is 0.379. The van der Waals surface area contributed by atoms with Crippen molar-refractivity contribution in [2.75, 3.05) is 24.6 Å². The van der Waals surface area contributed by atoms with Gasteiger partial charge >= 0.3 is 0 Å². The molecule has 0 aromatic rings. The van der Waals surface area contributed by atoms with Crippen molar-refractivity contribution in [3.63, 3.8) is 0 Å². The number of hydrogen-bond acceptors (Lipinski definition) is 3. The highest BCUT2D eigenvalue weighted by molar-refractivity contribution is 7.99. The van der Waals surface area contributed by atoms with Gasteiger partial charge in [0, 0.05) is 30.1 Å². The molecule has 3 heteroatoms. The third-order valence-corrected chi connectivity index (χ3v) is 4.05. The maximum Gasteiger partial charge on any atom is 0.0158 e. The smallest absolute Gasteiger partial charge is 0.0158 e. The molecule has 0 radical (unpaired) electrons. The highest BCUT2D eigenvalue weighted by Gasteiger charge is 2.17. The molecule has 2 atom stereocenters. The van der Waals surface area contributed by atoms with Gasteiger partial charge in [-0.1, -0.05) is 6.42 Å². The molecule has 1 aliphatic rings. The fraction of sp³-hybridized carbons (Fsp3) is 1.00. The maximum atomic E-state index is 5.72. The third kappa shape index (κ3) is 4.67. The van der Waals surface area contributed by atoms with Gasteiger partial charge in [0.05, 0.1) is 0 Å². The van der Waals surface area contributed by atoms with Gasteiger partial charge in [-0.3, -0.25) is 4.90 Å². The molecule has 0 aromatic carbocycles. The van der Waals surface area contributed by atoms with E-state index in [2.05, 4.69) is 30.5 Å². The number of nitrogens with zero attached hydrogens (tertiary/aromatic N) is 1. The zero-order chi connectivity index (χ0) is 10.4. The average Bonchev–Trinajstić information content (AvgIpc) is 2.15. The van der Waals surface area contributed by atoms with E-state index in [9.17, 15) is 0 Å². The van der Waals surface area contributed by atoms with Gasteiger partial charge in [0.25, 0.3) is 0 Å². The molecule has 0 saturated carbocycles. The van der Waals surface area contributed by atoms with Gasteiger partial charge in [0.2, 0.25) is 0 Å². The Morgan fingerprint density at radius 2 is 2.29 bits per heavy atom. The van der Waals surface area contributed by atoms with Crippen LogP contribution in [0.5, 0.6) is 0 Å². The van der Waals surface area contributed by atoms with E-state index in [-0.39, 0.29) is 0 Å². The van der Waals surface area contributed by atoms with Gasteiger partial charge in [-0.05, 0) is 33.2 Å². The summed E-state index contributed by atoms with van der Waals surface area (Å²) in [6, 6.07) is 1.16. The van der Waals surface area contributed by atoms with Crippen LogP contribution >= 0.6 is 11.8 Å². The predicted octanol–water partition coefficient (Wildman–Crippen LogP) is 1.94. The topological polar surface area (TPSA) is 29.3 Å². The van der Waals surface area contributed by atoms with Crippen LogP contribution in [-0.2, 0) is 0 Å². The monoisotopic (exact) mass is 216 g/mol. The molecule has 0 aromatic heterocycles. The van der Waals surface area contributed by atoms with Gasteiger partial charge < -0.3 is 5.73 Å². The van der Waals surface area contributed by atoms with E-state index in [0.717, 1.165) is 6.04 Å². The van der Waals surface area contributed by atoms with Crippen LogP contribution in [0.15, 0.2) is 0 Å². The van der Waals surface area contributed by atoms with Crippen molar-refractivity contribution < 1.29 is 0 Å². The first-order valence-corrected chi connectivity index (χ1v) is 6.93. The number of unbranched alkanes of at least 4 members (excludes halogenated alkanes) is 1. The van der Waals surface area contributed by atoms with Gasteiger partial charge in [-0.2, -0.15) is 11.8 Å². The highest BCUT2D eigenvalue weighted by Crippen LogP contribution is 2.16. The van der Waals surface area contributed by atoms with Crippen LogP contribution in [0, 0.1) is 0 Å². The second-order valence-electron chi connectivity index (χ2n) is 4.43. The average molecular weight is 216 g/mol. The SMILES string of the molecule is CC(N)CCCCN1CCSCC1C.